The molecule has 3 aliphatic heterocycles. The Labute approximate surface area is 268 Å². The van der Waals surface area contributed by atoms with Crippen LogP contribution in [0.2, 0.25) is 0 Å². The van der Waals surface area contributed by atoms with Crippen LogP contribution >= 0.6 is 0 Å². The van der Waals surface area contributed by atoms with Gasteiger partial charge in [0, 0.05) is 12.0 Å². The Morgan fingerprint density at radius 2 is 1.09 bits per heavy atom. The van der Waals surface area contributed by atoms with Crippen LogP contribution in [0.1, 0.15) is 168 Å². The fraction of sp³-hybridized carbons (Fsp3) is 0.919. The van der Waals surface area contributed by atoms with Gasteiger partial charge in [-0.3, -0.25) is 0 Å². The fourth-order valence-corrected chi connectivity index (χ4v) is 7.28. The zero-order valence-corrected chi connectivity index (χ0v) is 28.1. The average Bonchev–Trinajstić information content (AvgIpc) is 3.75. The van der Waals surface area contributed by atoms with Crippen LogP contribution in [-0.2, 0) is 19.0 Å². The maximum absolute atomic E-state index is 11.7. The summed E-state index contributed by atoms with van der Waals surface area (Å²) < 4.78 is 17.7. The minimum Gasteiger partial charge on any atom is -0.455 e. The molecule has 8 atom stereocenters. The summed E-state index contributed by atoms with van der Waals surface area (Å²) in [6, 6.07) is 0. The number of aliphatic hydroxyl groups is 3. The molecule has 7 nitrogen and oxygen atoms in total. The van der Waals surface area contributed by atoms with Crippen molar-refractivity contribution < 1.29 is 34.3 Å². The monoisotopic (exact) mass is 622 g/mol. The zero-order valence-electron chi connectivity index (χ0n) is 28.1. The highest BCUT2D eigenvalue weighted by atomic mass is 16.6. The lowest BCUT2D eigenvalue weighted by molar-refractivity contribution is -0.139. The van der Waals surface area contributed by atoms with Crippen LogP contribution in [-0.4, -0.2) is 70.1 Å². The second-order valence-electron chi connectivity index (χ2n) is 14.0. The number of carbonyl (C=O) groups is 1. The van der Waals surface area contributed by atoms with Crippen LogP contribution in [0.3, 0.4) is 0 Å². The number of esters is 1. The van der Waals surface area contributed by atoms with Gasteiger partial charge in [0.05, 0.1) is 42.7 Å². The fourth-order valence-electron chi connectivity index (χ4n) is 7.28. The van der Waals surface area contributed by atoms with Crippen molar-refractivity contribution in [3.05, 3.63) is 11.6 Å². The third kappa shape index (κ3) is 14.2. The molecule has 0 aliphatic carbocycles. The summed E-state index contributed by atoms with van der Waals surface area (Å²) in [5, 5.41) is 31.6. The van der Waals surface area contributed by atoms with Crippen LogP contribution in [0.4, 0.5) is 0 Å². The summed E-state index contributed by atoms with van der Waals surface area (Å²) in [4.78, 5) is 11.7. The van der Waals surface area contributed by atoms with Gasteiger partial charge in [-0.15, -0.1) is 0 Å². The summed E-state index contributed by atoms with van der Waals surface area (Å²) in [5.74, 6) is -0.281. The molecule has 2 fully saturated rings. The van der Waals surface area contributed by atoms with Crippen LogP contribution in [0, 0.1) is 0 Å². The molecule has 0 unspecified atom stereocenters. The van der Waals surface area contributed by atoms with Crippen LogP contribution in [0.5, 0.6) is 0 Å². The van der Waals surface area contributed by atoms with Gasteiger partial charge in [-0.2, -0.15) is 0 Å². The molecule has 0 aromatic carbocycles. The van der Waals surface area contributed by atoms with Crippen molar-refractivity contribution in [3.63, 3.8) is 0 Å². The van der Waals surface area contributed by atoms with E-state index in [2.05, 4.69) is 6.92 Å². The third-order valence-corrected chi connectivity index (χ3v) is 10.0. The van der Waals surface area contributed by atoms with Crippen LogP contribution < -0.4 is 0 Å². The van der Waals surface area contributed by atoms with E-state index in [0.29, 0.717) is 12.0 Å². The Morgan fingerprint density at radius 1 is 0.659 bits per heavy atom. The van der Waals surface area contributed by atoms with E-state index in [1.165, 1.54) is 70.6 Å². The van der Waals surface area contributed by atoms with Crippen LogP contribution in [0.25, 0.3) is 0 Å². The molecule has 0 amide bonds. The molecule has 7 heteroatoms. The van der Waals surface area contributed by atoms with Gasteiger partial charge in [0.25, 0.3) is 0 Å². The van der Waals surface area contributed by atoms with Gasteiger partial charge >= 0.3 is 5.97 Å². The molecule has 0 bridgehead atoms. The first-order valence-electron chi connectivity index (χ1n) is 18.6. The number of hydrogen-bond acceptors (Lipinski definition) is 7. The van der Waals surface area contributed by atoms with Gasteiger partial charge < -0.3 is 29.5 Å². The average molecular weight is 623 g/mol. The first kappa shape index (κ1) is 37.5. The van der Waals surface area contributed by atoms with E-state index >= 15 is 0 Å². The number of cyclic esters (lactones) is 1. The standard InChI is InChI=1S/C37H66O7/c1-3-4-5-6-7-11-14-17-20-31(39)33-22-24-35(43-33)36-25-23-34(44-36)32(40)21-18-15-12-9-8-10-13-16-19-30(38)27-29-26-28(2)42-37(29)41/h26,28,30-36,38-40H,3-25,27H2,1-2H3/t28-,30+,31+,32+,33+,34+,35+,36+/m0/s1. The largest absolute Gasteiger partial charge is 0.455 e. The van der Waals surface area contributed by atoms with E-state index in [9.17, 15) is 20.1 Å². The minimum absolute atomic E-state index is 0.0519. The van der Waals surface area contributed by atoms with Gasteiger partial charge in [-0.1, -0.05) is 110 Å². The Bertz CT molecular complexity index is 801. The lowest BCUT2D eigenvalue weighted by atomic mass is 10.00. The first-order chi connectivity index (χ1) is 21.4. The highest BCUT2D eigenvalue weighted by Gasteiger charge is 2.40. The molecule has 0 spiro atoms. The maximum Gasteiger partial charge on any atom is 0.334 e. The van der Waals surface area contributed by atoms with E-state index in [-0.39, 0.29) is 42.6 Å². The third-order valence-electron chi connectivity index (χ3n) is 10.0. The van der Waals surface area contributed by atoms with E-state index < -0.39 is 12.2 Å². The summed E-state index contributed by atoms with van der Waals surface area (Å²) in [5.41, 5.74) is 0.617. The Hall–Kier alpha value is -0.990. The number of ether oxygens (including phenoxy) is 3. The maximum atomic E-state index is 11.7. The summed E-state index contributed by atoms with van der Waals surface area (Å²) in [7, 11) is 0. The lowest BCUT2D eigenvalue weighted by Crippen LogP contribution is -2.33. The van der Waals surface area contributed by atoms with Crippen LogP contribution in [0.15, 0.2) is 11.6 Å². The highest BCUT2D eigenvalue weighted by Crippen LogP contribution is 2.34. The summed E-state index contributed by atoms with van der Waals surface area (Å²) in [6.07, 6.45) is 26.1. The first-order valence-corrected chi connectivity index (χ1v) is 18.6. The van der Waals surface area contributed by atoms with E-state index in [4.69, 9.17) is 14.2 Å². The van der Waals surface area contributed by atoms with E-state index in [1.54, 1.807) is 0 Å². The molecular formula is C37H66O7. The molecule has 3 aliphatic rings. The van der Waals surface area contributed by atoms with Gasteiger partial charge in [-0.25, -0.2) is 4.79 Å². The Balaban J connectivity index is 1.13. The van der Waals surface area contributed by atoms with Gasteiger partial charge in [0.1, 0.15) is 6.10 Å². The number of carbonyl (C=O) groups excluding carboxylic acids is 1. The van der Waals surface area contributed by atoms with Crippen molar-refractivity contribution in [1.29, 1.82) is 0 Å². The minimum atomic E-state index is -0.463. The molecule has 256 valence electrons. The second-order valence-corrected chi connectivity index (χ2v) is 14.0. The molecule has 44 heavy (non-hydrogen) atoms. The molecule has 0 radical (unpaired) electrons. The quantitative estimate of drug-likeness (QED) is 0.0703. The summed E-state index contributed by atoms with van der Waals surface area (Å²) in [6.45, 7) is 4.09. The molecule has 0 saturated carbocycles. The highest BCUT2D eigenvalue weighted by molar-refractivity contribution is 5.90. The molecule has 2 saturated heterocycles. The Morgan fingerprint density at radius 3 is 1.52 bits per heavy atom. The number of rotatable bonds is 25. The topological polar surface area (TPSA) is 105 Å². The van der Waals surface area contributed by atoms with Crippen molar-refractivity contribution >= 4 is 5.97 Å². The van der Waals surface area contributed by atoms with E-state index in [1.807, 2.05) is 13.0 Å². The van der Waals surface area contributed by atoms with Crippen molar-refractivity contribution in [1.82, 2.24) is 0 Å². The molecule has 3 rings (SSSR count). The normalized spacial score (nSPS) is 27.4. The SMILES string of the molecule is CCCCCCCCCC[C@@H](O)[C@H]1CC[C@H]([C@H]2CC[C@H]([C@H](O)CCCCCCCCCC[C@@H](O)CC3=C[C@H](C)OC3=O)O2)O1. The lowest BCUT2D eigenvalue weighted by Gasteiger charge is -2.24. The van der Waals surface area contributed by atoms with Crippen molar-refractivity contribution in [3.8, 4) is 0 Å². The van der Waals surface area contributed by atoms with Gasteiger partial charge in [0.15, 0.2) is 0 Å². The number of hydrogen-bond donors (Lipinski definition) is 3. The zero-order chi connectivity index (χ0) is 31.6. The molecular weight excluding hydrogens is 556 g/mol. The number of unbranched alkanes of at least 4 members (excludes halogenated alkanes) is 14. The van der Waals surface area contributed by atoms with Gasteiger partial charge in [0.2, 0.25) is 0 Å². The molecule has 0 aromatic rings. The van der Waals surface area contributed by atoms with Crippen molar-refractivity contribution in [2.24, 2.45) is 0 Å². The Kier molecular flexibility index (Phi) is 18.5. The van der Waals surface area contributed by atoms with Crippen molar-refractivity contribution in [2.75, 3.05) is 0 Å². The summed E-state index contributed by atoms with van der Waals surface area (Å²) >= 11 is 0. The number of aliphatic hydroxyl groups excluding tert-OH is 3. The predicted octanol–water partition coefficient (Wildman–Crippen LogP) is 7.86. The van der Waals surface area contributed by atoms with Crippen molar-refractivity contribution in [2.45, 2.75) is 217 Å². The predicted molar refractivity (Wildman–Crippen MR) is 175 cm³/mol. The second kappa shape index (κ2) is 21.7. The van der Waals surface area contributed by atoms with E-state index in [0.717, 1.165) is 77.0 Å². The molecule has 3 heterocycles. The molecule has 0 aromatic heterocycles. The van der Waals surface area contributed by atoms with Gasteiger partial charge in [-0.05, 0) is 57.9 Å². The molecule has 3 N–H and O–H groups in total. The smallest absolute Gasteiger partial charge is 0.334 e.